The number of aryl methyl sites for hydroxylation is 1. The van der Waals surface area contributed by atoms with Gasteiger partial charge in [0.25, 0.3) is 0 Å². The third-order valence-electron chi connectivity index (χ3n) is 3.26. The summed E-state index contributed by atoms with van der Waals surface area (Å²) < 4.78 is 0. The lowest BCUT2D eigenvalue weighted by Gasteiger charge is -2.07. The Hall–Kier alpha value is -1.84. The molecule has 0 aliphatic rings. The summed E-state index contributed by atoms with van der Waals surface area (Å²) in [4.78, 5) is 5.72. The SMILES string of the molecule is Cc1cc(CN)cnc1Sc1ccc2ccccc2c1. The van der Waals surface area contributed by atoms with Gasteiger partial charge in [0.15, 0.2) is 0 Å². The molecule has 0 saturated carbocycles. The molecule has 0 aliphatic heterocycles. The van der Waals surface area contributed by atoms with Crippen molar-refractivity contribution >= 4 is 22.5 Å². The van der Waals surface area contributed by atoms with Crippen molar-refractivity contribution < 1.29 is 0 Å². The molecule has 2 N–H and O–H groups in total. The van der Waals surface area contributed by atoms with Crippen LogP contribution < -0.4 is 5.73 Å². The first-order valence-corrected chi connectivity index (χ1v) is 7.40. The molecule has 20 heavy (non-hydrogen) atoms. The number of hydrogen-bond acceptors (Lipinski definition) is 3. The first-order chi connectivity index (χ1) is 9.76. The van der Waals surface area contributed by atoms with Crippen LogP contribution in [0.2, 0.25) is 0 Å². The molecule has 0 fully saturated rings. The van der Waals surface area contributed by atoms with Gasteiger partial charge < -0.3 is 5.73 Å². The number of benzene rings is 2. The van der Waals surface area contributed by atoms with Crippen molar-refractivity contribution in [2.24, 2.45) is 5.73 Å². The number of nitrogens with zero attached hydrogens (tertiary/aromatic N) is 1. The fraction of sp³-hybridized carbons (Fsp3) is 0.118. The lowest BCUT2D eigenvalue weighted by molar-refractivity contribution is 0.988. The van der Waals surface area contributed by atoms with Crippen LogP contribution in [-0.4, -0.2) is 4.98 Å². The van der Waals surface area contributed by atoms with E-state index in [2.05, 4.69) is 60.4 Å². The lowest BCUT2D eigenvalue weighted by atomic mass is 10.1. The largest absolute Gasteiger partial charge is 0.326 e. The summed E-state index contributed by atoms with van der Waals surface area (Å²) in [6, 6.07) is 17.0. The van der Waals surface area contributed by atoms with Crippen molar-refractivity contribution in [2.45, 2.75) is 23.4 Å². The van der Waals surface area contributed by atoms with E-state index in [0.717, 1.165) is 10.6 Å². The number of hydrogen-bond donors (Lipinski definition) is 1. The van der Waals surface area contributed by atoms with Crippen molar-refractivity contribution in [3.05, 3.63) is 65.9 Å². The van der Waals surface area contributed by atoms with Crippen molar-refractivity contribution in [2.75, 3.05) is 0 Å². The van der Waals surface area contributed by atoms with Gasteiger partial charge in [0.2, 0.25) is 0 Å². The van der Waals surface area contributed by atoms with E-state index in [1.807, 2.05) is 6.20 Å². The molecule has 0 spiro atoms. The minimum Gasteiger partial charge on any atom is -0.326 e. The van der Waals surface area contributed by atoms with Crippen LogP contribution in [0.15, 0.2) is 64.6 Å². The molecule has 2 nitrogen and oxygen atoms in total. The molecule has 3 heteroatoms. The predicted molar refractivity (Wildman–Crippen MR) is 84.9 cm³/mol. The molecule has 0 unspecified atom stereocenters. The summed E-state index contributed by atoms with van der Waals surface area (Å²) in [5.41, 5.74) is 7.88. The minimum absolute atomic E-state index is 0.536. The van der Waals surface area contributed by atoms with E-state index in [1.54, 1.807) is 11.8 Å². The Bertz CT molecular complexity index is 753. The van der Waals surface area contributed by atoms with Gasteiger partial charge in [-0.25, -0.2) is 4.98 Å². The smallest absolute Gasteiger partial charge is 0.104 e. The second-order valence-corrected chi connectivity index (χ2v) is 5.84. The molecule has 0 saturated heterocycles. The van der Waals surface area contributed by atoms with Gasteiger partial charge in [0.1, 0.15) is 5.03 Å². The van der Waals surface area contributed by atoms with Crippen molar-refractivity contribution in [1.82, 2.24) is 4.98 Å². The molecule has 0 radical (unpaired) electrons. The van der Waals surface area contributed by atoms with Crippen molar-refractivity contribution in [1.29, 1.82) is 0 Å². The van der Waals surface area contributed by atoms with Crippen LogP contribution in [0.25, 0.3) is 10.8 Å². The Balaban J connectivity index is 1.92. The normalized spacial score (nSPS) is 10.9. The monoisotopic (exact) mass is 280 g/mol. The van der Waals surface area contributed by atoms with Gasteiger partial charge in [-0.05, 0) is 41.0 Å². The lowest BCUT2D eigenvalue weighted by Crippen LogP contribution is -1.98. The van der Waals surface area contributed by atoms with E-state index in [0.29, 0.717) is 6.54 Å². The van der Waals surface area contributed by atoms with Gasteiger partial charge in [-0.3, -0.25) is 0 Å². The van der Waals surface area contributed by atoms with Crippen LogP contribution in [0, 0.1) is 6.92 Å². The third-order valence-corrected chi connectivity index (χ3v) is 4.37. The fourth-order valence-electron chi connectivity index (χ4n) is 2.18. The zero-order valence-corrected chi connectivity index (χ0v) is 12.2. The first kappa shape index (κ1) is 13.2. The first-order valence-electron chi connectivity index (χ1n) is 6.58. The zero-order valence-electron chi connectivity index (χ0n) is 11.3. The molecule has 0 bridgehead atoms. The Morgan fingerprint density at radius 2 is 1.85 bits per heavy atom. The standard InChI is InChI=1S/C17H16N2S/c1-12-8-13(10-18)11-19-17(12)20-16-7-6-14-4-2-3-5-15(14)9-16/h2-9,11H,10,18H2,1H3. The number of pyridine rings is 1. The maximum Gasteiger partial charge on any atom is 0.104 e. The summed E-state index contributed by atoms with van der Waals surface area (Å²) in [5.74, 6) is 0. The maximum atomic E-state index is 5.64. The van der Waals surface area contributed by atoms with Crippen LogP contribution in [0.4, 0.5) is 0 Å². The van der Waals surface area contributed by atoms with Gasteiger partial charge in [-0.1, -0.05) is 48.2 Å². The average molecular weight is 280 g/mol. The van der Waals surface area contributed by atoms with E-state index in [9.17, 15) is 0 Å². The van der Waals surface area contributed by atoms with Crippen LogP contribution in [0.1, 0.15) is 11.1 Å². The maximum absolute atomic E-state index is 5.64. The summed E-state index contributed by atoms with van der Waals surface area (Å²) in [5, 5.41) is 3.56. The minimum atomic E-state index is 0.536. The molecule has 0 atom stereocenters. The van der Waals surface area contributed by atoms with Crippen LogP contribution in [-0.2, 0) is 6.54 Å². The van der Waals surface area contributed by atoms with E-state index in [1.165, 1.54) is 21.2 Å². The van der Waals surface area contributed by atoms with E-state index in [4.69, 9.17) is 5.73 Å². The van der Waals surface area contributed by atoms with Crippen LogP contribution >= 0.6 is 11.8 Å². The molecule has 3 aromatic rings. The van der Waals surface area contributed by atoms with Crippen LogP contribution in [0.3, 0.4) is 0 Å². The second kappa shape index (κ2) is 5.65. The van der Waals surface area contributed by atoms with E-state index < -0.39 is 0 Å². The second-order valence-electron chi connectivity index (χ2n) is 4.78. The van der Waals surface area contributed by atoms with Gasteiger partial charge in [0.05, 0.1) is 0 Å². The highest BCUT2D eigenvalue weighted by molar-refractivity contribution is 7.99. The average Bonchev–Trinajstić information content (AvgIpc) is 2.49. The van der Waals surface area contributed by atoms with Gasteiger partial charge in [0, 0.05) is 17.6 Å². The fourth-order valence-corrected chi connectivity index (χ4v) is 3.05. The zero-order chi connectivity index (χ0) is 13.9. The molecule has 1 aromatic heterocycles. The van der Waals surface area contributed by atoms with Gasteiger partial charge in [-0.2, -0.15) is 0 Å². The highest BCUT2D eigenvalue weighted by atomic mass is 32.2. The predicted octanol–water partition coefficient (Wildman–Crippen LogP) is 4.15. The third kappa shape index (κ3) is 2.69. The molecule has 1 heterocycles. The van der Waals surface area contributed by atoms with Gasteiger partial charge in [-0.15, -0.1) is 0 Å². The quantitative estimate of drug-likeness (QED) is 0.783. The number of nitrogens with two attached hydrogens (primary N) is 1. The molecular weight excluding hydrogens is 264 g/mol. The molecule has 2 aromatic carbocycles. The van der Waals surface area contributed by atoms with E-state index >= 15 is 0 Å². The summed E-state index contributed by atoms with van der Waals surface area (Å²) >= 11 is 1.70. The Morgan fingerprint density at radius 1 is 1.05 bits per heavy atom. The highest BCUT2D eigenvalue weighted by Crippen LogP contribution is 2.30. The van der Waals surface area contributed by atoms with Gasteiger partial charge >= 0.3 is 0 Å². The number of fused-ring (bicyclic) bond motifs is 1. The summed E-state index contributed by atoms with van der Waals surface area (Å²) in [6.45, 7) is 2.62. The number of aromatic nitrogens is 1. The summed E-state index contributed by atoms with van der Waals surface area (Å²) in [7, 11) is 0. The molecule has 0 amide bonds. The molecule has 100 valence electrons. The van der Waals surface area contributed by atoms with E-state index in [-0.39, 0.29) is 0 Å². The highest BCUT2D eigenvalue weighted by Gasteiger charge is 2.04. The van der Waals surface area contributed by atoms with Crippen LogP contribution in [0.5, 0.6) is 0 Å². The molecular formula is C17H16N2S. The van der Waals surface area contributed by atoms with Crippen molar-refractivity contribution in [3.8, 4) is 0 Å². The Kier molecular flexibility index (Phi) is 3.72. The molecule has 3 rings (SSSR count). The Labute approximate surface area is 123 Å². The van der Waals surface area contributed by atoms with Crippen molar-refractivity contribution in [3.63, 3.8) is 0 Å². The molecule has 0 aliphatic carbocycles. The summed E-state index contributed by atoms with van der Waals surface area (Å²) in [6.07, 6.45) is 1.86. The number of rotatable bonds is 3. The Morgan fingerprint density at radius 3 is 2.60 bits per heavy atom. The topological polar surface area (TPSA) is 38.9 Å².